The Hall–Kier alpha value is -3.38. The van der Waals surface area contributed by atoms with E-state index in [4.69, 9.17) is 4.98 Å². The second-order valence-corrected chi connectivity index (χ2v) is 10.9. The van der Waals surface area contributed by atoms with E-state index in [0.29, 0.717) is 18.8 Å². The molecule has 6 rings (SSSR count). The van der Waals surface area contributed by atoms with Crippen LogP contribution in [0.15, 0.2) is 60.9 Å². The van der Waals surface area contributed by atoms with Crippen LogP contribution in [0.4, 0.5) is 0 Å². The Bertz CT molecular complexity index is 1350. The molecule has 190 valence electrons. The van der Waals surface area contributed by atoms with Crippen LogP contribution in [0.25, 0.3) is 22.3 Å². The molecule has 2 aliphatic rings. The highest BCUT2D eigenvalue weighted by Gasteiger charge is 2.26. The molecule has 4 aromatic rings. The minimum Gasteiger partial charge on any atom is -0.352 e. The number of carbonyl (C=O) groups excluding carboxylic acids is 1. The average molecular weight is 494 g/mol. The predicted octanol–water partition coefficient (Wildman–Crippen LogP) is 6.09. The Balaban J connectivity index is 1.07. The highest BCUT2D eigenvalue weighted by Crippen LogP contribution is 2.33. The summed E-state index contributed by atoms with van der Waals surface area (Å²) in [5.74, 6) is 2.35. The number of likely N-dealkylation sites (tertiary alicyclic amines) is 1. The van der Waals surface area contributed by atoms with Crippen LogP contribution in [0.5, 0.6) is 0 Å². The lowest BCUT2D eigenvalue weighted by molar-refractivity contribution is 0.0934. The number of nitrogens with one attached hydrogen (secondary N) is 1. The number of hydrogen-bond donors (Lipinski definition) is 1. The summed E-state index contributed by atoms with van der Waals surface area (Å²) in [7, 11) is 0. The molecule has 1 aromatic carbocycles. The maximum Gasteiger partial charge on any atom is 0.179 e. The van der Waals surface area contributed by atoms with Crippen LogP contribution in [0, 0.1) is 11.8 Å². The number of hydrogen-bond acceptors (Lipinski definition) is 5. The summed E-state index contributed by atoms with van der Waals surface area (Å²) < 4.78 is 0. The standard InChI is InChI=1S/C31H35N5O/c37-30(18-22-6-8-23(9-7-22)21-36-15-3-4-16-36)29-20-25-17-24(10-11-26(25)34-29)19-31-33-14-12-28(35-31)27-5-1-2-13-32-27/h1-2,5,10-14,17,20,22-23,34H,3-4,6-9,15-16,18-19,21H2. The van der Waals surface area contributed by atoms with Gasteiger partial charge < -0.3 is 9.88 Å². The smallest absolute Gasteiger partial charge is 0.179 e. The molecule has 0 atom stereocenters. The molecule has 1 saturated heterocycles. The summed E-state index contributed by atoms with van der Waals surface area (Å²) in [6.07, 6.45) is 12.5. The Kier molecular flexibility index (Phi) is 7.09. The van der Waals surface area contributed by atoms with Crippen LogP contribution < -0.4 is 0 Å². The number of H-pyrrole nitrogens is 1. The molecule has 37 heavy (non-hydrogen) atoms. The number of carbonyl (C=O) groups is 1. The van der Waals surface area contributed by atoms with Gasteiger partial charge >= 0.3 is 0 Å². The number of aromatic amines is 1. The molecule has 1 N–H and O–H groups in total. The monoisotopic (exact) mass is 493 g/mol. The van der Waals surface area contributed by atoms with Gasteiger partial charge in [0.05, 0.1) is 17.1 Å². The molecule has 1 saturated carbocycles. The Labute approximate surface area is 218 Å². The third kappa shape index (κ3) is 5.80. The van der Waals surface area contributed by atoms with Crippen molar-refractivity contribution < 1.29 is 4.79 Å². The molecule has 1 aliphatic heterocycles. The molecule has 0 unspecified atom stereocenters. The number of Topliss-reactive ketones (excluding diaryl/α,β-unsaturated/α-hetero) is 1. The zero-order chi connectivity index (χ0) is 25.0. The van der Waals surface area contributed by atoms with Crippen LogP contribution >= 0.6 is 0 Å². The van der Waals surface area contributed by atoms with Gasteiger partial charge in [-0.3, -0.25) is 9.78 Å². The quantitative estimate of drug-likeness (QED) is 0.301. The number of rotatable bonds is 8. The van der Waals surface area contributed by atoms with Crippen LogP contribution in [0.2, 0.25) is 0 Å². The summed E-state index contributed by atoms with van der Waals surface area (Å²) in [4.78, 5) is 32.7. The lowest BCUT2D eigenvalue weighted by atomic mass is 9.79. The van der Waals surface area contributed by atoms with E-state index in [1.165, 1.54) is 58.2 Å². The molecule has 6 nitrogen and oxygen atoms in total. The third-order valence-corrected chi connectivity index (χ3v) is 8.14. The SMILES string of the molecule is O=C(CC1CCC(CN2CCCC2)CC1)c1cc2cc(Cc3nccc(-c4ccccn4)n3)ccc2[nH]1. The van der Waals surface area contributed by atoms with Gasteiger partial charge in [0, 0.05) is 42.7 Å². The normalized spacial score (nSPS) is 20.4. The van der Waals surface area contributed by atoms with E-state index in [1.54, 1.807) is 12.4 Å². The van der Waals surface area contributed by atoms with Gasteiger partial charge in [-0.05, 0) is 105 Å². The molecule has 6 heteroatoms. The van der Waals surface area contributed by atoms with Gasteiger partial charge in [-0.2, -0.15) is 0 Å². The molecular weight excluding hydrogens is 458 g/mol. The molecule has 1 aliphatic carbocycles. The number of aromatic nitrogens is 4. The summed E-state index contributed by atoms with van der Waals surface area (Å²) in [5.41, 5.74) is 4.53. The van der Waals surface area contributed by atoms with Crippen molar-refractivity contribution in [3.63, 3.8) is 0 Å². The molecule has 0 bridgehead atoms. The largest absolute Gasteiger partial charge is 0.352 e. The van der Waals surface area contributed by atoms with E-state index in [1.807, 2.05) is 30.3 Å². The number of ketones is 1. The van der Waals surface area contributed by atoms with Crippen molar-refractivity contribution in [1.82, 2.24) is 24.8 Å². The summed E-state index contributed by atoms with van der Waals surface area (Å²) in [6, 6.07) is 16.0. The fourth-order valence-electron chi connectivity index (χ4n) is 6.09. The Morgan fingerprint density at radius 1 is 0.892 bits per heavy atom. The van der Waals surface area contributed by atoms with Crippen LogP contribution in [0.1, 0.15) is 66.8 Å². The first-order chi connectivity index (χ1) is 18.2. The highest BCUT2D eigenvalue weighted by atomic mass is 16.1. The summed E-state index contributed by atoms with van der Waals surface area (Å²) in [5, 5.41) is 1.07. The van der Waals surface area contributed by atoms with E-state index in [9.17, 15) is 4.79 Å². The molecule has 0 spiro atoms. The number of nitrogens with zero attached hydrogens (tertiary/aromatic N) is 4. The van der Waals surface area contributed by atoms with Gasteiger partial charge in [-0.1, -0.05) is 12.1 Å². The molecule has 0 amide bonds. The summed E-state index contributed by atoms with van der Waals surface area (Å²) >= 11 is 0. The molecule has 3 aromatic heterocycles. The minimum atomic E-state index is 0.243. The van der Waals surface area contributed by atoms with Gasteiger partial charge in [0.15, 0.2) is 5.78 Å². The van der Waals surface area contributed by atoms with Crippen molar-refractivity contribution in [3.8, 4) is 11.4 Å². The van der Waals surface area contributed by atoms with Crippen LogP contribution in [-0.4, -0.2) is 50.3 Å². The van der Waals surface area contributed by atoms with Crippen molar-refractivity contribution in [2.75, 3.05) is 19.6 Å². The van der Waals surface area contributed by atoms with Crippen LogP contribution in [0.3, 0.4) is 0 Å². The third-order valence-electron chi connectivity index (χ3n) is 8.14. The first-order valence-electron chi connectivity index (χ1n) is 13.8. The van der Waals surface area contributed by atoms with E-state index >= 15 is 0 Å². The Morgan fingerprint density at radius 2 is 1.73 bits per heavy atom. The fourth-order valence-corrected chi connectivity index (χ4v) is 6.09. The fraction of sp³-hybridized carbons (Fsp3) is 0.419. The second-order valence-electron chi connectivity index (χ2n) is 10.9. The van der Waals surface area contributed by atoms with Gasteiger partial charge in [0.25, 0.3) is 0 Å². The lowest BCUT2D eigenvalue weighted by Gasteiger charge is -2.30. The highest BCUT2D eigenvalue weighted by molar-refractivity contribution is 5.99. The zero-order valence-electron chi connectivity index (χ0n) is 21.4. The summed E-state index contributed by atoms with van der Waals surface area (Å²) in [6.45, 7) is 3.83. The number of pyridine rings is 1. The molecule has 2 fully saturated rings. The minimum absolute atomic E-state index is 0.243. The first kappa shape index (κ1) is 24.0. The topological polar surface area (TPSA) is 74.8 Å². The van der Waals surface area contributed by atoms with E-state index in [-0.39, 0.29) is 5.78 Å². The maximum atomic E-state index is 13.1. The second kappa shape index (κ2) is 10.9. The van der Waals surface area contributed by atoms with Crippen molar-refractivity contribution in [3.05, 3.63) is 78.0 Å². The van der Waals surface area contributed by atoms with Gasteiger partial charge in [-0.15, -0.1) is 0 Å². The van der Waals surface area contributed by atoms with Gasteiger partial charge in [0.2, 0.25) is 0 Å². The Morgan fingerprint density at radius 3 is 2.54 bits per heavy atom. The molecule has 4 heterocycles. The maximum absolute atomic E-state index is 13.1. The molecule has 0 radical (unpaired) electrons. The van der Waals surface area contributed by atoms with Crippen molar-refractivity contribution in [1.29, 1.82) is 0 Å². The van der Waals surface area contributed by atoms with E-state index in [2.05, 4.69) is 38.1 Å². The van der Waals surface area contributed by atoms with Crippen LogP contribution in [-0.2, 0) is 6.42 Å². The molecular formula is C31H35N5O. The van der Waals surface area contributed by atoms with E-state index in [0.717, 1.165) is 45.3 Å². The average Bonchev–Trinajstić information content (AvgIpc) is 3.60. The van der Waals surface area contributed by atoms with Crippen molar-refractivity contribution >= 4 is 16.7 Å². The lowest BCUT2D eigenvalue weighted by Crippen LogP contribution is -2.29. The van der Waals surface area contributed by atoms with Crippen molar-refractivity contribution in [2.24, 2.45) is 11.8 Å². The number of benzene rings is 1. The van der Waals surface area contributed by atoms with Crippen molar-refractivity contribution in [2.45, 2.75) is 51.4 Å². The first-order valence-corrected chi connectivity index (χ1v) is 13.8. The zero-order valence-corrected chi connectivity index (χ0v) is 21.4. The van der Waals surface area contributed by atoms with Gasteiger partial charge in [-0.25, -0.2) is 9.97 Å². The predicted molar refractivity (Wildman–Crippen MR) is 146 cm³/mol. The van der Waals surface area contributed by atoms with E-state index < -0.39 is 0 Å². The number of fused-ring (bicyclic) bond motifs is 1. The van der Waals surface area contributed by atoms with Gasteiger partial charge in [0.1, 0.15) is 5.82 Å².